The van der Waals surface area contributed by atoms with Crippen molar-refractivity contribution in [3.8, 4) is 0 Å². The molecule has 0 aliphatic heterocycles. The molecule has 6 aliphatic carbocycles. The van der Waals surface area contributed by atoms with Gasteiger partial charge in [-0.1, -0.05) is 135 Å². The van der Waals surface area contributed by atoms with Gasteiger partial charge >= 0.3 is 37.9 Å². The van der Waals surface area contributed by atoms with Crippen molar-refractivity contribution in [2.45, 2.75) is 126 Å². The van der Waals surface area contributed by atoms with E-state index >= 15 is 0 Å². The Balaban J connectivity index is 0.000000192. The summed E-state index contributed by atoms with van der Waals surface area (Å²) >= 11 is 14.8. The third-order valence-corrected chi connectivity index (χ3v) is 18.4. The van der Waals surface area contributed by atoms with Gasteiger partial charge in [-0.2, -0.15) is 0 Å². The molecule has 0 saturated heterocycles. The van der Waals surface area contributed by atoms with Gasteiger partial charge in [0.05, 0.1) is 11.4 Å². The summed E-state index contributed by atoms with van der Waals surface area (Å²) in [4.78, 5) is 6.96. The molecule has 4 aromatic rings. The molecule has 4 aromatic carbocycles. The molecule has 0 radical (unpaired) electrons. The maximum atomic E-state index is 4.93. The average Bonchev–Trinajstić information content (AvgIpc) is 4.08. The minimum atomic E-state index is -0.826. The number of alkyl halides is 2. The number of nitrogens with zero attached hydrogens (tertiary/aromatic N) is 2. The van der Waals surface area contributed by atoms with E-state index in [-0.39, 0.29) is 14.9 Å². The molecular formula is C54H64Br4Cl2N2Zr. The Morgan fingerprint density at radius 1 is 0.508 bits per heavy atom. The predicted molar refractivity (Wildman–Crippen MR) is 287 cm³/mol. The zero-order valence-corrected chi connectivity index (χ0v) is 48.2. The molecule has 63 heavy (non-hydrogen) atoms. The molecule has 8 unspecified atom stereocenters. The summed E-state index contributed by atoms with van der Waals surface area (Å²) in [5.74, 6) is 3.58. The molecule has 4 fully saturated rings. The summed E-state index contributed by atoms with van der Waals surface area (Å²) in [7, 11) is 9.87. The van der Waals surface area contributed by atoms with Crippen LogP contribution in [0.3, 0.4) is 0 Å². The zero-order valence-electron chi connectivity index (χ0n) is 37.8. The molecule has 0 amide bonds. The number of rotatable bonds is 6. The van der Waals surface area contributed by atoms with Gasteiger partial charge in [0, 0.05) is 42.1 Å². The second-order valence-electron chi connectivity index (χ2n) is 18.6. The van der Waals surface area contributed by atoms with E-state index in [4.69, 9.17) is 17.0 Å². The third kappa shape index (κ3) is 11.1. The Morgan fingerprint density at radius 3 is 1.30 bits per heavy atom. The number of allylic oxidation sites excluding steroid dienone is 2. The van der Waals surface area contributed by atoms with E-state index in [0.29, 0.717) is 0 Å². The summed E-state index contributed by atoms with van der Waals surface area (Å²) in [6.07, 6.45) is 20.7. The molecule has 0 heterocycles. The Kier molecular flexibility index (Phi) is 19.0. The molecule has 0 aromatic heterocycles. The molecule has 0 N–H and O–H groups in total. The van der Waals surface area contributed by atoms with Crippen LogP contribution in [-0.4, -0.2) is 21.7 Å². The number of benzene rings is 4. The van der Waals surface area contributed by atoms with Gasteiger partial charge in [-0.05, 0) is 186 Å². The van der Waals surface area contributed by atoms with E-state index in [1.54, 1.807) is 0 Å². The SMILES string of the molecule is CC1=Cc2c(Br)ccc(N(c3ccc(C)cc3)c3ccc(Br)c4c3CC(C)=C4)c2C1.Cc1ccc(N(C2CCC(Br)C3CCCC32)C2CCC(Br)C3CCCC32)cc1.[CH3-].[CH3-].[Cl][Zr+2][Cl]. The third-order valence-electron chi connectivity index (χ3n) is 14.7. The van der Waals surface area contributed by atoms with Gasteiger partial charge in [0.2, 0.25) is 0 Å². The monoisotopic (exact) mass is 1220 g/mol. The fourth-order valence-corrected chi connectivity index (χ4v) is 14.9. The topological polar surface area (TPSA) is 6.48 Å². The van der Waals surface area contributed by atoms with Crippen LogP contribution >= 0.6 is 80.7 Å². The summed E-state index contributed by atoms with van der Waals surface area (Å²) in [5.41, 5.74) is 16.1. The number of hydrogen-bond acceptors (Lipinski definition) is 2. The van der Waals surface area contributed by atoms with Gasteiger partial charge in [0.15, 0.2) is 0 Å². The first-order chi connectivity index (χ1) is 29.5. The van der Waals surface area contributed by atoms with Gasteiger partial charge in [0.1, 0.15) is 0 Å². The fraction of sp³-hybridized carbons (Fsp3) is 0.444. The minimum absolute atomic E-state index is 0. The van der Waals surface area contributed by atoms with Gasteiger partial charge < -0.3 is 24.7 Å². The second kappa shape index (κ2) is 23.1. The van der Waals surface area contributed by atoms with Crippen molar-refractivity contribution in [2.24, 2.45) is 23.7 Å². The molecule has 0 bridgehead atoms. The molecule has 336 valence electrons. The summed E-state index contributed by atoms with van der Waals surface area (Å²) < 4.78 is 2.33. The van der Waals surface area contributed by atoms with Gasteiger partial charge in [0.25, 0.3) is 0 Å². The normalized spacial score (nSPS) is 26.0. The van der Waals surface area contributed by atoms with Crippen LogP contribution in [0.1, 0.15) is 111 Å². The van der Waals surface area contributed by atoms with Gasteiger partial charge in [-0.3, -0.25) is 0 Å². The van der Waals surface area contributed by atoms with Crippen LogP contribution in [0.15, 0.2) is 92.9 Å². The average molecular weight is 1220 g/mol. The molecule has 2 nitrogen and oxygen atoms in total. The Hall–Kier alpha value is -0.657. The molecule has 4 saturated carbocycles. The standard InChI is InChI=1S/C27H23Br2N.C25H35Br2N.2CH3.2ClH.Zr/c1-16-4-6-19(7-5-16)30(26-10-8-24(28)20-12-17(2)14-22(20)26)27-11-9-25(29)21-13-18(3)15-23(21)27;1-16-8-10-17(11-9-16)28(24-14-12-22(26)18-4-2-6-20(18)24)25-15-13-23(27)19-5-3-7-21(19)25;;;;;/h4-13H,14-15H2,1-3H3;8-11,18-25H,2-7,12-15H2,1H3;2*1H3;2*1H;/q;;2*-1;;;+4/p-2. The van der Waals surface area contributed by atoms with E-state index in [0.717, 1.165) is 58.3 Å². The van der Waals surface area contributed by atoms with Crippen molar-refractivity contribution in [1.82, 2.24) is 0 Å². The Bertz CT molecular complexity index is 2130. The van der Waals surface area contributed by atoms with Gasteiger partial charge in [-0.15, -0.1) is 0 Å². The molecule has 8 atom stereocenters. The fourth-order valence-electron chi connectivity index (χ4n) is 12.0. The van der Waals surface area contributed by atoms with Gasteiger partial charge in [-0.25, -0.2) is 0 Å². The van der Waals surface area contributed by atoms with E-state index < -0.39 is 20.8 Å². The van der Waals surface area contributed by atoms with Crippen molar-refractivity contribution < 1.29 is 20.8 Å². The molecule has 10 rings (SSSR count). The van der Waals surface area contributed by atoms with Crippen LogP contribution in [0, 0.1) is 52.4 Å². The first-order valence-corrected chi connectivity index (χ1v) is 32.1. The van der Waals surface area contributed by atoms with E-state index in [1.165, 1.54) is 140 Å². The Morgan fingerprint density at radius 2 is 0.889 bits per heavy atom. The van der Waals surface area contributed by atoms with E-state index in [9.17, 15) is 0 Å². The van der Waals surface area contributed by atoms with Crippen molar-refractivity contribution in [1.29, 1.82) is 0 Å². The summed E-state index contributed by atoms with van der Waals surface area (Å²) in [6.45, 7) is 8.80. The van der Waals surface area contributed by atoms with Crippen LogP contribution in [-0.2, 0) is 33.7 Å². The molecule has 9 heteroatoms. The predicted octanol–water partition coefficient (Wildman–Crippen LogP) is 18.7. The Labute approximate surface area is 433 Å². The zero-order chi connectivity index (χ0) is 42.9. The van der Waals surface area contributed by atoms with Crippen LogP contribution in [0.5, 0.6) is 0 Å². The molecule has 6 aliphatic rings. The quantitative estimate of drug-likeness (QED) is 0.140. The van der Waals surface area contributed by atoms with Crippen molar-refractivity contribution in [3.63, 3.8) is 0 Å². The van der Waals surface area contributed by atoms with E-state index in [1.807, 2.05) is 0 Å². The first kappa shape index (κ1) is 51.7. The van der Waals surface area contributed by atoms with Crippen LogP contribution in [0.25, 0.3) is 12.2 Å². The summed E-state index contributed by atoms with van der Waals surface area (Å²) in [6, 6.07) is 28.8. The second-order valence-corrected chi connectivity index (χ2v) is 26.4. The maximum absolute atomic E-state index is 4.93. The van der Waals surface area contributed by atoms with Crippen molar-refractivity contribution in [3.05, 3.63) is 141 Å². The van der Waals surface area contributed by atoms with Crippen LogP contribution in [0.4, 0.5) is 22.7 Å². The molecule has 0 spiro atoms. The first-order valence-electron chi connectivity index (χ1n) is 22.4. The number of halogens is 6. The van der Waals surface area contributed by atoms with Crippen molar-refractivity contribution in [2.75, 3.05) is 9.80 Å². The van der Waals surface area contributed by atoms with E-state index in [2.05, 4.69) is 186 Å². The van der Waals surface area contributed by atoms with Crippen LogP contribution in [0.2, 0.25) is 0 Å². The number of aryl methyl sites for hydroxylation is 2. The van der Waals surface area contributed by atoms with Crippen LogP contribution < -0.4 is 9.80 Å². The summed E-state index contributed by atoms with van der Waals surface area (Å²) in [5, 5.41) is 0. The number of hydrogen-bond donors (Lipinski definition) is 0. The number of fused-ring (bicyclic) bond motifs is 4. The number of anilines is 4. The molecular weight excluding hydrogens is 1160 g/mol. The van der Waals surface area contributed by atoms with Crippen molar-refractivity contribution >= 4 is 116 Å².